The lowest BCUT2D eigenvalue weighted by Crippen LogP contribution is -2.16. The highest BCUT2D eigenvalue weighted by molar-refractivity contribution is 6.05. The summed E-state index contributed by atoms with van der Waals surface area (Å²) in [5.74, 6) is 0.426. The number of anilines is 1. The van der Waals surface area contributed by atoms with Crippen molar-refractivity contribution >= 4 is 34.1 Å². The second-order valence-electron chi connectivity index (χ2n) is 7.88. The van der Waals surface area contributed by atoms with Crippen LogP contribution >= 0.6 is 0 Å². The van der Waals surface area contributed by atoms with E-state index in [1.807, 2.05) is 30.3 Å². The van der Waals surface area contributed by atoms with Crippen LogP contribution in [0.3, 0.4) is 0 Å². The first kappa shape index (κ1) is 21.9. The fourth-order valence-electron chi connectivity index (χ4n) is 3.85. The predicted octanol–water partition coefficient (Wildman–Crippen LogP) is 4.08. The zero-order valence-corrected chi connectivity index (χ0v) is 18.7. The molecule has 2 aromatic heterocycles. The number of ether oxygens (including phenoxy) is 1. The zero-order chi connectivity index (χ0) is 24.5. The second kappa shape index (κ2) is 8.79. The van der Waals surface area contributed by atoms with Gasteiger partial charge >= 0.3 is 0 Å². The molecule has 0 atom stereocenters. The van der Waals surface area contributed by atoms with Crippen LogP contribution in [0, 0.1) is 0 Å². The van der Waals surface area contributed by atoms with Gasteiger partial charge in [0, 0.05) is 17.7 Å². The summed E-state index contributed by atoms with van der Waals surface area (Å²) >= 11 is 0. The molecule has 2 heterocycles. The lowest BCUT2D eigenvalue weighted by atomic mass is 10.1. The van der Waals surface area contributed by atoms with Gasteiger partial charge in [-0.05, 0) is 54.6 Å². The van der Waals surface area contributed by atoms with Gasteiger partial charge < -0.3 is 20.8 Å². The SMILES string of the molecule is CCC(=O)Nc1ccc2c(c1)c(=O)[nH]c1c(C(N)=O)c(-c3ccc(Oc4ccccc4)cc3)nn12. The number of carbonyl (C=O) groups is 2. The lowest BCUT2D eigenvalue weighted by Gasteiger charge is -2.06. The van der Waals surface area contributed by atoms with E-state index in [0.717, 1.165) is 0 Å². The Morgan fingerprint density at radius 2 is 1.74 bits per heavy atom. The zero-order valence-electron chi connectivity index (χ0n) is 18.7. The number of H-pyrrole nitrogens is 1. The highest BCUT2D eigenvalue weighted by Crippen LogP contribution is 2.30. The van der Waals surface area contributed by atoms with Crippen LogP contribution in [0.5, 0.6) is 11.5 Å². The van der Waals surface area contributed by atoms with Gasteiger partial charge in [0.25, 0.3) is 11.5 Å². The maximum atomic E-state index is 12.9. The minimum absolute atomic E-state index is 0.101. The molecule has 2 amide bonds. The number of aromatic nitrogens is 3. The number of rotatable bonds is 6. The Labute approximate surface area is 199 Å². The maximum absolute atomic E-state index is 12.9. The molecule has 0 aliphatic carbocycles. The highest BCUT2D eigenvalue weighted by Gasteiger charge is 2.22. The van der Waals surface area contributed by atoms with Gasteiger partial charge in [-0.1, -0.05) is 25.1 Å². The first-order chi connectivity index (χ1) is 16.9. The first-order valence-corrected chi connectivity index (χ1v) is 11.0. The molecular weight excluding hydrogens is 446 g/mol. The van der Waals surface area contributed by atoms with Crippen molar-refractivity contribution in [2.75, 3.05) is 5.32 Å². The monoisotopic (exact) mass is 467 g/mol. The minimum atomic E-state index is -0.721. The summed E-state index contributed by atoms with van der Waals surface area (Å²) in [4.78, 5) is 39.7. The standard InChI is InChI=1S/C26H21N5O4/c1-2-21(32)28-16-10-13-20-19(14-16)26(34)29-25-22(24(27)33)23(30-31(20)25)15-8-11-18(12-9-15)35-17-6-4-3-5-7-17/h3-14H,2H2,1H3,(H2,27,33)(H,28,32)(H,29,34). The van der Waals surface area contributed by atoms with E-state index in [2.05, 4.69) is 15.4 Å². The molecule has 0 saturated heterocycles. The minimum Gasteiger partial charge on any atom is -0.457 e. The van der Waals surface area contributed by atoms with Crippen molar-refractivity contribution in [3.63, 3.8) is 0 Å². The Morgan fingerprint density at radius 1 is 1.03 bits per heavy atom. The molecule has 5 aromatic rings. The van der Waals surface area contributed by atoms with E-state index < -0.39 is 11.5 Å². The number of nitrogens with one attached hydrogen (secondary N) is 2. The van der Waals surface area contributed by atoms with E-state index in [1.54, 1.807) is 49.4 Å². The molecule has 5 rings (SSSR count). The highest BCUT2D eigenvalue weighted by atomic mass is 16.5. The molecule has 0 bridgehead atoms. The molecular formula is C26H21N5O4. The number of nitrogens with zero attached hydrogens (tertiary/aromatic N) is 2. The van der Waals surface area contributed by atoms with Crippen LogP contribution in [0.4, 0.5) is 5.69 Å². The summed E-state index contributed by atoms with van der Waals surface area (Å²) < 4.78 is 7.31. The molecule has 35 heavy (non-hydrogen) atoms. The second-order valence-corrected chi connectivity index (χ2v) is 7.88. The number of hydrogen-bond acceptors (Lipinski definition) is 5. The molecule has 4 N–H and O–H groups in total. The average Bonchev–Trinajstić information content (AvgIpc) is 3.25. The van der Waals surface area contributed by atoms with E-state index in [0.29, 0.717) is 45.8 Å². The fraction of sp³-hybridized carbons (Fsp3) is 0.0769. The summed E-state index contributed by atoms with van der Waals surface area (Å²) in [6.45, 7) is 1.74. The number of fused-ring (bicyclic) bond motifs is 3. The summed E-state index contributed by atoms with van der Waals surface area (Å²) in [5, 5.41) is 7.65. The van der Waals surface area contributed by atoms with Crippen LogP contribution in [0.25, 0.3) is 27.8 Å². The molecule has 9 nitrogen and oxygen atoms in total. The quantitative estimate of drug-likeness (QED) is 0.346. The molecule has 0 fully saturated rings. The number of benzene rings is 3. The molecule has 3 aromatic carbocycles. The van der Waals surface area contributed by atoms with E-state index in [4.69, 9.17) is 10.5 Å². The van der Waals surface area contributed by atoms with Gasteiger partial charge in [0.05, 0.1) is 10.9 Å². The van der Waals surface area contributed by atoms with Crippen LogP contribution in [-0.2, 0) is 4.79 Å². The summed E-state index contributed by atoms with van der Waals surface area (Å²) in [7, 11) is 0. The van der Waals surface area contributed by atoms with Crippen LogP contribution < -0.4 is 21.3 Å². The Bertz CT molecular complexity index is 1640. The lowest BCUT2D eigenvalue weighted by molar-refractivity contribution is -0.115. The molecule has 0 unspecified atom stereocenters. The van der Waals surface area contributed by atoms with Crippen LogP contribution in [0.2, 0.25) is 0 Å². The number of primary amides is 1. The van der Waals surface area contributed by atoms with Crippen molar-refractivity contribution in [2.45, 2.75) is 13.3 Å². The van der Waals surface area contributed by atoms with Gasteiger partial charge in [0.15, 0.2) is 0 Å². The first-order valence-electron chi connectivity index (χ1n) is 11.0. The van der Waals surface area contributed by atoms with Crippen LogP contribution in [-0.4, -0.2) is 26.4 Å². The van der Waals surface area contributed by atoms with Crippen molar-refractivity contribution < 1.29 is 14.3 Å². The summed E-state index contributed by atoms with van der Waals surface area (Å²) in [6, 6.07) is 21.3. The molecule has 0 aliphatic heterocycles. The van der Waals surface area contributed by atoms with Crippen molar-refractivity contribution in [2.24, 2.45) is 5.73 Å². The van der Waals surface area contributed by atoms with Crippen LogP contribution in [0.15, 0.2) is 77.6 Å². The predicted molar refractivity (Wildman–Crippen MR) is 133 cm³/mol. The van der Waals surface area contributed by atoms with Gasteiger partial charge in [-0.3, -0.25) is 14.4 Å². The molecule has 174 valence electrons. The number of hydrogen-bond donors (Lipinski definition) is 3. The molecule has 0 saturated carbocycles. The van der Waals surface area contributed by atoms with Crippen molar-refractivity contribution in [1.29, 1.82) is 0 Å². The van der Waals surface area contributed by atoms with Gasteiger partial charge in [-0.2, -0.15) is 5.10 Å². The maximum Gasteiger partial charge on any atom is 0.259 e. The number of amides is 2. The van der Waals surface area contributed by atoms with E-state index in [9.17, 15) is 14.4 Å². The number of aromatic amines is 1. The molecule has 0 spiro atoms. The largest absolute Gasteiger partial charge is 0.457 e. The molecule has 9 heteroatoms. The summed E-state index contributed by atoms with van der Waals surface area (Å²) in [5.41, 5.74) is 7.48. The van der Waals surface area contributed by atoms with Crippen molar-refractivity contribution in [3.05, 3.63) is 88.7 Å². The fourth-order valence-corrected chi connectivity index (χ4v) is 3.85. The van der Waals surface area contributed by atoms with E-state index in [-0.39, 0.29) is 17.1 Å². The van der Waals surface area contributed by atoms with E-state index in [1.165, 1.54) is 4.52 Å². The number of para-hydroxylation sites is 1. The Hall–Kier alpha value is -4.92. The molecule has 0 aliphatic rings. The Morgan fingerprint density at radius 3 is 2.43 bits per heavy atom. The van der Waals surface area contributed by atoms with Crippen LogP contribution in [0.1, 0.15) is 23.7 Å². The third-order valence-electron chi connectivity index (χ3n) is 5.54. The van der Waals surface area contributed by atoms with Gasteiger partial charge in [0.1, 0.15) is 28.4 Å². The normalized spacial score (nSPS) is 11.0. The topological polar surface area (TPSA) is 132 Å². The van der Waals surface area contributed by atoms with Crippen molar-refractivity contribution in [1.82, 2.24) is 14.6 Å². The molecule has 0 radical (unpaired) electrons. The van der Waals surface area contributed by atoms with Gasteiger partial charge in [0.2, 0.25) is 5.91 Å². The van der Waals surface area contributed by atoms with E-state index >= 15 is 0 Å². The third kappa shape index (κ3) is 4.10. The van der Waals surface area contributed by atoms with Crippen molar-refractivity contribution in [3.8, 4) is 22.8 Å². The van der Waals surface area contributed by atoms with Gasteiger partial charge in [-0.25, -0.2) is 4.52 Å². The summed E-state index contributed by atoms with van der Waals surface area (Å²) in [6.07, 6.45) is 0.313. The number of nitrogens with two attached hydrogens (primary N) is 1. The third-order valence-corrected chi connectivity index (χ3v) is 5.54. The Balaban J connectivity index is 1.61. The number of carbonyl (C=O) groups excluding carboxylic acids is 2. The smallest absolute Gasteiger partial charge is 0.259 e. The average molecular weight is 467 g/mol. The Kier molecular flexibility index (Phi) is 5.50. The van der Waals surface area contributed by atoms with Gasteiger partial charge in [-0.15, -0.1) is 0 Å².